The SMILES string of the molecule is CC(F)(F)CNC(=O)c1ccc2c(n1)N(C(=O)Nc1cc(OC[C@H](O)CO)ccn1)[C@H]1CCN2C1. The molecule has 2 aliphatic heterocycles. The average molecular weight is 492 g/mol. The van der Waals surface area contributed by atoms with Gasteiger partial charge in [-0.25, -0.2) is 23.5 Å². The third-order valence-electron chi connectivity index (χ3n) is 5.58. The smallest absolute Gasteiger partial charge is 0.329 e. The van der Waals surface area contributed by atoms with E-state index < -0.39 is 37.1 Å². The second-order valence-corrected chi connectivity index (χ2v) is 8.50. The Morgan fingerprint density at radius 3 is 2.89 bits per heavy atom. The first-order chi connectivity index (χ1) is 16.6. The number of aromatic nitrogens is 2. The second kappa shape index (κ2) is 9.96. The van der Waals surface area contributed by atoms with Gasteiger partial charge in [0, 0.05) is 32.3 Å². The van der Waals surface area contributed by atoms with Crippen molar-refractivity contribution in [2.75, 3.05) is 48.0 Å². The maximum Gasteiger partial charge on any atom is 0.329 e. The molecule has 2 atom stereocenters. The predicted octanol–water partition coefficient (Wildman–Crippen LogP) is 1.22. The number of nitrogens with one attached hydrogen (secondary N) is 2. The summed E-state index contributed by atoms with van der Waals surface area (Å²) in [5, 5.41) is 23.2. The molecule has 0 radical (unpaired) electrons. The van der Waals surface area contributed by atoms with Crippen molar-refractivity contribution in [3.8, 4) is 5.75 Å². The summed E-state index contributed by atoms with van der Waals surface area (Å²) in [7, 11) is 0. The number of hydrogen-bond acceptors (Lipinski definition) is 8. The minimum Gasteiger partial charge on any atom is -0.491 e. The Bertz CT molecular complexity index is 1100. The monoisotopic (exact) mass is 492 g/mol. The lowest BCUT2D eigenvalue weighted by atomic mass is 10.1. The van der Waals surface area contributed by atoms with Gasteiger partial charge in [0.1, 0.15) is 30.0 Å². The lowest BCUT2D eigenvalue weighted by molar-refractivity contribution is 0.0220. The lowest BCUT2D eigenvalue weighted by Gasteiger charge is -2.35. The van der Waals surface area contributed by atoms with E-state index in [0.29, 0.717) is 37.9 Å². The van der Waals surface area contributed by atoms with Gasteiger partial charge in [-0.2, -0.15) is 0 Å². The summed E-state index contributed by atoms with van der Waals surface area (Å²) in [6.45, 7) is 0.576. The molecule has 4 rings (SSSR count). The van der Waals surface area contributed by atoms with Gasteiger partial charge in [-0.05, 0) is 24.6 Å². The molecule has 2 aromatic heterocycles. The number of halogens is 2. The molecule has 188 valence electrons. The highest BCUT2D eigenvalue weighted by Gasteiger charge is 2.40. The zero-order valence-electron chi connectivity index (χ0n) is 18.9. The van der Waals surface area contributed by atoms with Crippen LogP contribution in [0, 0.1) is 0 Å². The highest BCUT2D eigenvalue weighted by atomic mass is 19.3. The predicted molar refractivity (Wildman–Crippen MR) is 122 cm³/mol. The number of carbonyl (C=O) groups excluding carboxylic acids is 2. The van der Waals surface area contributed by atoms with Gasteiger partial charge in [0.25, 0.3) is 11.8 Å². The Hall–Kier alpha value is -3.58. The molecule has 0 aromatic carbocycles. The molecule has 2 aromatic rings. The van der Waals surface area contributed by atoms with Gasteiger partial charge in [0.05, 0.1) is 24.9 Å². The van der Waals surface area contributed by atoms with Crippen LogP contribution in [-0.2, 0) is 0 Å². The quantitative estimate of drug-likeness (QED) is 0.431. The van der Waals surface area contributed by atoms with E-state index >= 15 is 0 Å². The Morgan fingerprint density at radius 1 is 1.34 bits per heavy atom. The number of aliphatic hydroxyl groups is 2. The van der Waals surface area contributed by atoms with Crippen LogP contribution in [0.25, 0.3) is 0 Å². The molecule has 11 nitrogen and oxygen atoms in total. The van der Waals surface area contributed by atoms with Crippen molar-refractivity contribution in [2.45, 2.75) is 31.4 Å². The maximum absolute atomic E-state index is 13.3. The fourth-order valence-corrected chi connectivity index (χ4v) is 3.91. The standard InChI is InChI=1S/C22H26F2N6O5/c1-22(23,24)12-26-20(33)16-2-3-17-19(27-16)30(13-5-7-29(17)9-13)21(34)28-18-8-15(4-6-25-18)35-11-14(32)10-31/h2-4,6,8,13-14,31-32H,5,7,9-12H2,1H3,(H,26,33)(H,25,28,34)/t13-,14+/m0/s1. The second-order valence-electron chi connectivity index (χ2n) is 8.50. The first-order valence-electron chi connectivity index (χ1n) is 11.0. The van der Waals surface area contributed by atoms with Crippen molar-refractivity contribution in [1.82, 2.24) is 15.3 Å². The van der Waals surface area contributed by atoms with Crippen molar-refractivity contribution in [3.05, 3.63) is 36.2 Å². The van der Waals surface area contributed by atoms with Crippen LogP contribution >= 0.6 is 0 Å². The third-order valence-corrected chi connectivity index (χ3v) is 5.58. The Kier molecular flexibility index (Phi) is 6.98. The van der Waals surface area contributed by atoms with Gasteiger partial charge in [-0.15, -0.1) is 0 Å². The number of anilines is 3. The number of rotatable bonds is 8. The summed E-state index contributed by atoms with van der Waals surface area (Å²) >= 11 is 0. The van der Waals surface area contributed by atoms with E-state index in [1.165, 1.54) is 29.3 Å². The topological polar surface area (TPSA) is 140 Å². The summed E-state index contributed by atoms with van der Waals surface area (Å²) in [5.74, 6) is -3.06. The molecule has 35 heavy (non-hydrogen) atoms. The molecule has 2 bridgehead atoms. The largest absolute Gasteiger partial charge is 0.491 e. The Morgan fingerprint density at radius 2 is 2.14 bits per heavy atom. The maximum atomic E-state index is 13.3. The number of fused-ring (bicyclic) bond motifs is 4. The van der Waals surface area contributed by atoms with Crippen LogP contribution in [0.5, 0.6) is 5.75 Å². The van der Waals surface area contributed by atoms with Crippen LogP contribution in [0.3, 0.4) is 0 Å². The van der Waals surface area contributed by atoms with Gasteiger partial charge in [0.15, 0.2) is 5.82 Å². The molecule has 0 spiro atoms. The first-order valence-corrected chi connectivity index (χ1v) is 11.0. The number of pyridine rings is 2. The Labute approximate surface area is 199 Å². The number of hydrogen-bond donors (Lipinski definition) is 4. The van der Waals surface area contributed by atoms with Crippen LogP contribution in [0.4, 0.5) is 30.9 Å². The normalized spacial score (nSPS) is 17.6. The van der Waals surface area contributed by atoms with E-state index in [1.807, 2.05) is 0 Å². The van der Waals surface area contributed by atoms with Crippen molar-refractivity contribution >= 4 is 29.3 Å². The molecular weight excluding hydrogens is 466 g/mol. The van der Waals surface area contributed by atoms with E-state index in [4.69, 9.17) is 9.84 Å². The molecule has 1 fully saturated rings. The molecule has 3 amide bonds. The lowest BCUT2D eigenvalue weighted by Crippen LogP contribution is -2.48. The molecule has 4 heterocycles. The summed E-state index contributed by atoms with van der Waals surface area (Å²) in [4.78, 5) is 37.6. The van der Waals surface area contributed by atoms with Gasteiger partial charge in [-0.1, -0.05) is 0 Å². The van der Waals surface area contributed by atoms with Crippen molar-refractivity contribution in [2.24, 2.45) is 0 Å². The molecule has 4 N–H and O–H groups in total. The number of urea groups is 1. The highest BCUT2D eigenvalue weighted by molar-refractivity contribution is 6.05. The third kappa shape index (κ3) is 5.74. The number of aliphatic hydroxyl groups excluding tert-OH is 2. The number of nitrogens with zero attached hydrogens (tertiary/aromatic N) is 4. The fourth-order valence-electron chi connectivity index (χ4n) is 3.91. The number of alkyl halides is 2. The number of carbonyl (C=O) groups is 2. The van der Waals surface area contributed by atoms with E-state index in [9.17, 15) is 23.5 Å². The van der Waals surface area contributed by atoms with Crippen LogP contribution in [0.15, 0.2) is 30.5 Å². The molecular formula is C22H26F2N6O5. The van der Waals surface area contributed by atoms with Crippen LogP contribution in [-0.4, -0.2) is 83.0 Å². The number of amides is 3. The molecule has 1 saturated heterocycles. The van der Waals surface area contributed by atoms with Gasteiger partial charge in [-0.3, -0.25) is 15.0 Å². The van der Waals surface area contributed by atoms with E-state index in [2.05, 4.69) is 25.5 Å². The average Bonchev–Trinajstić information content (AvgIpc) is 3.24. The van der Waals surface area contributed by atoms with E-state index in [-0.39, 0.29) is 30.0 Å². The highest BCUT2D eigenvalue weighted by Crippen LogP contribution is 2.39. The van der Waals surface area contributed by atoms with Crippen LogP contribution in [0.2, 0.25) is 0 Å². The zero-order chi connectivity index (χ0) is 25.2. The zero-order valence-corrected chi connectivity index (χ0v) is 18.9. The number of ether oxygens (including phenoxy) is 1. The fraction of sp³-hybridized carbons (Fsp3) is 0.455. The van der Waals surface area contributed by atoms with Crippen LogP contribution < -0.4 is 25.2 Å². The van der Waals surface area contributed by atoms with Gasteiger partial charge in [0.2, 0.25) is 0 Å². The van der Waals surface area contributed by atoms with Gasteiger partial charge < -0.3 is 25.2 Å². The van der Waals surface area contributed by atoms with Crippen molar-refractivity contribution in [1.29, 1.82) is 0 Å². The van der Waals surface area contributed by atoms with Crippen molar-refractivity contribution in [3.63, 3.8) is 0 Å². The molecule has 0 aliphatic carbocycles. The summed E-state index contributed by atoms with van der Waals surface area (Å²) in [6.07, 6.45) is 1.06. The van der Waals surface area contributed by atoms with E-state index in [1.54, 1.807) is 6.07 Å². The summed E-state index contributed by atoms with van der Waals surface area (Å²) < 4.78 is 31.7. The minimum absolute atomic E-state index is 0.0794. The Balaban J connectivity index is 1.53. The first kappa shape index (κ1) is 24.5. The molecule has 0 saturated carbocycles. The van der Waals surface area contributed by atoms with Crippen LogP contribution in [0.1, 0.15) is 23.8 Å². The minimum atomic E-state index is -3.07. The van der Waals surface area contributed by atoms with E-state index in [0.717, 1.165) is 0 Å². The molecule has 0 unspecified atom stereocenters. The van der Waals surface area contributed by atoms with Crippen molar-refractivity contribution < 1.29 is 33.3 Å². The summed E-state index contributed by atoms with van der Waals surface area (Å²) in [5.41, 5.74) is 0.582. The molecule has 13 heteroatoms. The van der Waals surface area contributed by atoms with Gasteiger partial charge >= 0.3 is 6.03 Å². The molecule has 2 aliphatic rings. The summed E-state index contributed by atoms with van der Waals surface area (Å²) in [6, 6.07) is 5.38.